The van der Waals surface area contributed by atoms with Gasteiger partial charge in [-0.05, 0) is 42.5 Å². The van der Waals surface area contributed by atoms with Gasteiger partial charge in [0.2, 0.25) is 0 Å². The molecule has 0 saturated heterocycles. The largest absolute Gasteiger partial charge is 0.368 e. The molecule has 154 valence electrons. The first kappa shape index (κ1) is 20.0. The zero-order chi connectivity index (χ0) is 21.2. The zero-order valence-electron chi connectivity index (χ0n) is 16.3. The summed E-state index contributed by atoms with van der Waals surface area (Å²) in [6.07, 6.45) is 0. The number of fused-ring (bicyclic) bond motifs is 2. The standard InChI is InChI=1S/C23H17Cl2N5S/c24-14-9-10-15(17(25)13-14)22-28-18-6-2-1-5-16(18)21(30-22)26-11-12-27-23-29-19-7-3-4-8-20(19)31-23/h1-10,13H,11-12H2,(H,27,29)(H,26,28,30). The van der Waals surface area contributed by atoms with Gasteiger partial charge in [-0.2, -0.15) is 0 Å². The molecule has 2 N–H and O–H groups in total. The summed E-state index contributed by atoms with van der Waals surface area (Å²) in [5.74, 6) is 1.32. The Kier molecular flexibility index (Phi) is 5.59. The minimum atomic E-state index is 0.520. The molecular weight excluding hydrogens is 449 g/mol. The fourth-order valence-corrected chi connectivity index (χ4v) is 4.69. The molecule has 0 saturated carbocycles. The van der Waals surface area contributed by atoms with Crippen molar-refractivity contribution in [3.8, 4) is 11.4 Å². The van der Waals surface area contributed by atoms with Crippen molar-refractivity contribution in [1.82, 2.24) is 15.0 Å². The Balaban J connectivity index is 1.37. The van der Waals surface area contributed by atoms with E-state index in [0.29, 0.717) is 29.0 Å². The van der Waals surface area contributed by atoms with E-state index in [4.69, 9.17) is 33.2 Å². The summed E-state index contributed by atoms with van der Waals surface area (Å²) in [6, 6.07) is 21.4. The lowest BCUT2D eigenvalue weighted by atomic mass is 10.2. The first-order chi connectivity index (χ1) is 15.2. The highest BCUT2D eigenvalue weighted by Crippen LogP contribution is 2.31. The van der Waals surface area contributed by atoms with E-state index >= 15 is 0 Å². The van der Waals surface area contributed by atoms with Crippen LogP contribution >= 0.6 is 34.5 Å². The summed E-state index contributed by atoms with van der Waals surface area (Å²) in [5, 5.41) is 9.77. The predicted molar refractivity (Wildman–Crippen MR) is 132 cm³/mol. The molecule has 31 heavy (non-hydrogen) atoms. The predicted octanol–water partition coefficient (Wildman–Crippen LogP) is 6.74. The van der Waals surface area contributed by atoms with Crippen molar-refractivity contribution in [3.63, 3.8) is 0 Å². The number of rotatable bonds is 6. The number of para-hydroxylation sites is 2. The number of benzene rings is 3. The molecule has 0 aliphatic carbocycles. The van der Waals surface area contributed by atoms with Crippen molar-refractivity contribution in [2.45, 2.75) is 0 Å². The Hall–Kier alpha value is -2.93. The van der Waals surface area contributed by atoms with E-state index in [1.54, 1.807) is 23.5 Å². The third-order valence-electron chi connectivity index (χ3n) is 4.76. The van der Waals surface area contributed by atoms with Crippen LogP contribution in [0.3, 0.4) is 0 Å². The number of halogens is 2. The van der Waals surface area contributed by atoms with Crippen molar-refractivity contribution < 1.29 is 0 Å². The lowest BCUT2D eigenvalue weighted by Gasteiger charge is -2.12. The van der Waals surface area contributed by atoms with Gasteiger partial charge >= 0.3 is 0 Å². The number of aromatic nitrogens is 3. The van der Waals surface area contributed by atoms with E-state index in [-0.39, 0.29) is 0 Å². The molecule has 0 unspecified atom stereocenters. The number of hydrogen-bond donors (Lipinski definition) is 2. The average Bonchev–Trinajstić information content (AvgIpc) is 3.19. The van der Waals surface area contributed by atoms with E-state index in [2.05, 4.69) is 21.7 Å². The van der Waals surface area contributed by atoms with E-state index in [9.17, 15) is 0 Å². The number of thiazole rings is 1. The number of nitrogens with one attached hydrogen (secondary N) is 2. The van der Waals surface area contributed by atoms with E-state index < -0.39 is 0 Å². The highest BCUT2D eigenvalue weighted by molar-refractivity contribution is 7.22. The first-order valence-corrected chi connectivity index (χ1v) is 11.3. The Labute approximate surface area is 193 Å². The van der Waals surface area contributed by atoms with Crippen molar-refractivity contribution in [2.24, 2.45) is 0 Å². The van der Waals surface area contributed by atoms with Crippen molar-refractivity contribution in [3.05, 3.63) is 76.8 Å². The van der Waals surface area contributed by atoms with Crippen molar-refractivity contribution in [1.29, 1.82) is 0 Å². The molecule has 5 nitrogen and oxygen atoms in total. The molecule has 5 aromatic rings. The van der Waals surface area contributed by atoms with Gasteiger partial charge in [-0.3, -0.25) is 0 Å². The number of hydrogen-bond acceptors (Lipinski definition) is 6. The van der Waals surface area contributed by atoms with Gasteiger partial charge in [-0.25, -0.2) is 15.0 Å². The number of anilines is 2. The maximum absolute atomic E-state index is 6.40. The van der Waals surface area contributed by atoms with E-state index in [1.807, 2.05) is 48.5 Å². The third-order valence-corrected chi connectivity index (χ3v) is 6.30. The summed E-state index contributed by atoms with van der Waals surface area (Å²) < 4.78 is 1.17. The fourth-order valence-electron chi connectivity index (χ4n) is 3.30. The summed E-state index contributed by atoms with van der Waals surface area (Å²) in [7, 11) is 0. The minimum absolute atomic E-state index is 0.520. The molecule has 0 aliphatic rings. The second-order valence-electron chi connectivity index (χ2n) is 6.88. The summed E-state index contributed by atoms with van der Waals surface area (Å²) in [5.41, 5.74) is 2.60. The molecule has 0 radical (unpaired) electrons. The molecule has 0 fully saturated rings. The number of nitrogens with zero attached hydrogens (tertiary/aromatic N) is 3. The SMILES string of the molecule is Clc1ccc(-c2nc(NCCNc3nc4ccccc4s3)c3ccccc3n2)c(Cl)c1. The Morgan fingerprint density at radius 2 is 1.55 bits per heavy atom. The van der Waals surface area contributed by atoms with Gasteiger partial charge < -0.3 is 10.6 Å². The second-order valence-corrected chi connectivity index (χ2v) is 8.75. The van der Waals surface area contributed by atoms with Crippen LogP contribution in [-0.4, -0.2) is 28.0 Å². The average molecular weight is 466 g/mol. The Morgan fingerprint density at radius 1 is 0.774 bits per heavy atom. The van der Waals surface area contributed by atoms with Crippen LogP contribution in [0.25, 0.3) is 32.5 Å². The molecular formula is C23H17Cl2N5S. The van der Waals surface area contributed by atoms with Crippen LogP contribution in [0.15, 0.2) is 66.7 Å². The lowest BCUT2D eigenvalue weighted by Crippen LogP contribution is -2.15. The Bertz CT molecular complexity index is 1350. The van der Waals surface area contributed by atoms with Crippen LogP contribution in [0.5, 0.6) is 0 Å². The molecule has 0 aliphatic heterocycles. The quantitative estimate of drug-likeness (QED) is 0.272. The molecule has 2 heterocycles. The van der Waals surface area contributed by atoms with Crippen LogP contribution in [0.4, 0.5) is 10.9 Å². The minimum Gasteiger partial charge on any atom is -0.368 e. The van der Waals surface area contributed by atoms with Crippen LogP contribution in [-0.2, 0) is 0 Å². The molecule has 0 atom stereocenters. The summed E-state index contributed by atoms with van der Waals surface area (Å²) >= 11 is 14.1. The Morgan fingerprint density at radius 3 is 2.39 bits per heavy atom. The topological polar surface area (TPSA) is 62.7 Å². The monoisotopic (exact) mass is 465 g/mol. The molecule has 3 aromatic carbocycles. The summed E-state index contributed by atoms with van der Waals surface area (Å²) in [6.45, 7) is 1.37. The van der Waals surface area contributed by atoms with Gasteiger partial charge in [0.25, 0.3) is 0 Å². The molecule has 5 rings (SSSR count). The van der Waals surface area contributed by atoms with Gasteiger partial charge in [-0.1, -0.05) is 58.8 Å². The maximum atomic E-state index is 6.40. The normalized spacial score (nSPS) is 11.2. The van der Waals surface area contributed by atoms with Gasteiger partial charge in [0.15, 0.2) is 11.0 Å². The first-order valence-electron chi connectivity index (χ1n) is 9.73. The molecule has 0 amide bonds. The van der Waals surface area contributed by atoms with Crippen LogP contribution in [0.1, 0.15) is 0 Å². The highest BCUT2D eigenvalue weighted by Gasteiger charge is 2.12. The van der Waals surface area contributed by atoms with E-state index in [1.165, 1.54) is 4.70 Å². The molecule has 0 bridgehead atoms. The molecule has 0 spiro atoms. The van der Waals surface area contributed by atoms with Crippen molar-refractivity contribution in [2.75, 3.05) is 23.7 Å². The van der Waals surface area contributed by atoms with Crippen LogP contribution in [0, 0.1) is 0 Å². The van der Waals surface area contributed by atoms with Crippen LogP contribution in [0.2, 0.25) is 10.0 Å². The van der Waals surface area contributed by atoms with Gasteiger partial charge in [-0.15, -0.1) is 0 Å². The zero-order valence-corrected chi connectivity index (χ0v) is 18.6. The molecule has 8 heteroatoms. The maximum Gasteiger partial charge on any atom is 0.183 e. The molecule has 2 aromatic heterocycles. The van der Waals surface area contributed by atoms with Crippen molar-refractivity contribution >= 4 is 66.6 Å². The second kappa shape index (κ2) is 8.67. The van der Waals surface area contributed by atoms with E-state index in [0.717, 1.165) is 32.9 Å². The lowest BCUT2D eigenvalue weighted by molar-refractivity contribution is 1.06. The van der Waals surface area contributed by atoms with Gasteiger partial charge in [0, 0.05) is 29.1 Å². The third kappa shape index (κ3) is 4.28. The van der Waals surface area contributed by atoms with Gasteiger partial charge in [0.05, 0.1) is 20.8 Å². The van der Waals surface area contributed by atoms with Crippen LogP contribution < -0.4 is 10.6 Å². The summed E-state index contributed by atoms with van der Waals surface area (Å²) in [4.78, 5) is 14.1. The highest BCUT2D eigenvalue weighted by atomic mass is 35.5. The van der Waals surface area contributed by atoms with Gasteiger partial charge in [0.1, 0.15) is 5.82 Å². The smallest absolute Gasteiger partial charge is 0.183 e. The fraction of sp³-hybridized carbons (Fsp3) is 0.0870.